The lowest BCUT2D eigenvalue weighted by molar-refractivity contribution is -0.0117. The maximum atomic E-state index is 11.1. The Kier molecular flexibility index (Phi) is 4.73. The zero-order chi connectivity index (χ0) is 13.8. The molecule has 0 aliphatic carbocycles. The fraction of sp³-hybridized carbons (Fsp3) is 0.500. The molecule has 0 saturated carbocycles. The van der Waals surface area contributed by atoms with E-state index in [1.165, 1.54) is 0 Å². The maximum Gasteiger partial charge on any atom is 0.339 e. The lowest BCUT2D eigenvalue weighted by Gasteiger charge is -2.25. The summed E-state index contributed by atoms with van der Waals surface area (Å²) in [7, 11) is 0. The average Bonchev–Trinajstić information content (AvgIpc) is 2.36. The molecule has 0 aliphatic rings. The predicted octanol–water partition coefficient (Wildman–Crippen LogP) is 2.62. The minimum absolute atomic E-state index is 0.101. The number of carbonyl (C=O) groups is 1. The van der Waals surface area contributed by atoms with E-state index in [2.05, 4.69) is 0 Å². The van der Waals surface area contributed by atoms with Gasteiger partial charge in [0.2, 0.25) is 0 Å². The fourth-order valence-corrected chi connectivity index (χ4v) is 1.60. The molecule has 0 amide bonds. The molecule has 0 aliphatic heterocycles. The Morgan fingerprint density at radius 1 is 1.33 bits per heavy atom. The first-order chi connectivity index (χ1) is 8.41. The molecule has 0 heterocycles. The van der Waals surface area contributed by atoms with Gasteiger partial charge >= 0.3 is 5.97 Å². The number of aryl methyl sites for hydroxylation is 1. The van der Waals surface area contributed by atoms with E-state index in [0.29, 0.717) is 18.6 Å². The lowest BCUT2D eigenvalue weighted by Crippen LogP contribution is -2.34. The second kappa shape index (κ2) is 5.87. The van der Waals surface area contributed by atoms with Crippen LogP contribution in [0.4, 0.5) is 0 Å². The van der Waals surface area contributed by atoms with Crippen molar-refractivity contribution in [1.29, 1.82) is 0 Å². The first-order valence-corrected chi connectivity index (χ1v) is 6.11. The first-order valence-electron chi connectivity index (χ1n) is 6.11. The molecule has 2 N–H and O–H groups in total. The van der Waals surface area contributed by atoms with Gasteiger partial charge in [-0.1, -0.05) is 25.5 Å². The summed E-state index contributed by atoms with van der Waals surface area (Å²) >= 11 is 0. The topological polar surface area (TPSA) is 66.8 Å². The Bertz CT molecular complexity index is 422. The molecule has 0 atom stereocenters. The summed E-state index contributed by atoms with van der Waals surface area (Å²) in [6.07, 6.45) is 1.13. The number of carboxylic acid groups (broad SMARTS) is 1. The van der Waals surface area contributed by atoms with Crippen LogP contribution in [-0.4, -0.2) is 28.4 Å². The van der Waals surface area contributed by atoms with Gasteiger partial charge in [-0.2, -0.15) is 0 Å². The quantitative estimate of drug-likeness (QED) is 0.816. The van der Waals surface area contributed by atoms with Gasteiger partial charge in [-0.05, 0) is 31.9 Å². The molecule has 18 heavy (non-hydrogen) atoms. The van der Waals surface area contributed by atoms with Gasteiger partial charge in [0.25, 0.3) is 0 Å². The molecule has 0 unspecified atom stereocenters. The summed E-state index contributed by atoms with van der Waals surface area (Å²) in [6, 6.07) is 4.98. The molecular weight excluding hydrogens is 232 g/mol. The SMILES string of the molecule is CCC(O)(CC)COc1ccc(C)cc1C(=O)O. The summed E-state index contributed by atoms with van der Waals surface area (Å²) in [5.41, 5.74) is 0.0891. The molecule has 1 rings (SSSR count). The molecule has 0 fully saturated rings. The van der Waals surface area contributed by atoms with Crippen LogP contribution < -0.4 is 4.74 Å². The van der Waals surface area contributed by atoms with Gasteiger partial charge in [0.05, 0.1) is 5.60 Å². The van der Waals surface area contributed by atoms with Gasteiger partial charge in [-0.15, -0.1) is 0 Å². The van der Waals surface area contributed by atoms with E-state index in [1.807, 2.05) is 20.8 Å². The maximum absolute atomic E-state index is 11.1. The van der Waals surface area contributed by atoms with Crippen molar-refractivity contribution < 1.29 is 19.7 Å². The van der Waals surface area contributed by atoms with Gasteiger partial charge in [-0.3, -0.25) is 0 Å². The molecule has 1 aromatic carbocycles. The number of ether oxygens (including phenoxy) is 1. The van der Waals surface area contributed by atoms with E-state index in [0.717, 1.165) is 5.56 Å². The largest absolute Gasteiger partial charge is 0.490 e. The second-order valence-corrected chi connectivity index (χ2v) is 4.52. The van der Waals surface area contributed by atoms with Crippen molar-refractivity contribution in [1.82, 2.24) is 0 Å². The monoisotopic (exact) mass is 252 g/mol. The molecule has 4 nitrogen and oxygen atoms in total. The zero-order valence-electron chi connectivity index (χ0n) is 11.1. The van der Waals surface area contributed by atoms with Crippen LogP contribution in [0.25, 0.3) is 0 Å². The number of hydrogen-bond donors (Lipinski definition) is 2. The normalized spacial score (nSPS) is 11.3. The van der Waals surface area contributed by atoms with E-state index >= 15 is 0 Å². The van der Waals surface area contributed by atoms with Gasteiger partial charge in [0, 0.05) is 0 Å². The Morgan fingerprint density at radius 2 is 1.94 bits per heavy atom. The second-order valence-electron chi connectivity index (χ2n) is 4.52. The van der Waals surface area contributed by atoms with Crippen LogP contribution in [0.3, 0.4) is 0 Å². The number of carboxylic acids is 1. The van der Waals surface area contributed by atoms with Crippen molar-refractivity contribution in [2.45, 2.75) is 39.2 Å². The van der Waals surface area contributed by atoms with Gasteiger partial charge in [0.15, 0.2) is 0 Å². The minimum atomic E-state index is -1.02. The van der Waals surface area contributed by atoms with Gasteiger partial charge in [-0.25, -0.2) is 4.79 Å². The van der Waals surface area contributed by atoms with E-state index in [9.17, 15) is 9.90 Å². The van der Waals surface area contributed by atoms with Crippen molar-refractivity contribution >= 4 is 5.97 Å². The lowest BCUT2D eigenvalue weighted by atomic mass is 9.99. The number of aliphatic hydroxyl groups is 1. The van der Waals surface area contributed by atoms with E-state index in [-0.39, 0.29) is 12.2 Å². The summed E-state index contributed by atoms with van der Waals surface area (Å²) in [6.45, 7) is 5.67. The number of hydrogen-bond acceptors (Lipinski definition) is 3. The highest BCUT2D eigenvalue weighted by atomic mass is 16.5. The fourth-order valence-electron chi connectivity index (χ4n) is 1.60. The van der Waals surface area contributed by atoms with Crippen LogP contribution in [0.15, 0.2) is 18.2 Å². The third-order valence-electron chi connectivity index (χ3n) is 3.18. The Morgan fingerprint density at radius 3 is 2.44 bits per heavy atom. The molecule has 4 heteroatoms. The summed E-state index contributed by atoms with van der Waals surface area (Å²) in [4.78, 5) is 11.1. The van der Waals surface area contributed by atoms with E-state index in [1.54, 1.807) is 18.2 Å². The van der Waals surface area contributed by atoms with Crippen molar-refractivity contribution in [3.05, 3.63) is 29.3 Å². The Balaban J connectivity index is 2.88. The van der Waals surface area contributed by atoms with Crippen molar-refractivity contribution in [3.63, 3.8) is 0 Å². The Hall–Kier alpha value is -1.55. The molecule has 0 saturated heterocycles. The summed E-state index contributed by atoms with van der Waals surface area (Å²) in [5, 5.41) is 19.2. The van der Waals surface area contributed by atoms with E-state index in [4.69, 9.17) is 9.84 Å². The third kappa shape index (κ3) is 3.47. The summed E-state index contributed by atoms with van der Waals surface area (Å²) in [5.74, 6) is -0.723. The molecule has 1 aromatic rings. The van der Waals surface area contributed by atoms with Crippen LogP contribution in [0.1, 0.15) is 42.6 Å². The van der Waals surface area contributed by atoms with E-state index < -0.39 is 11.6 Å². The molecule has 0 radical (unpaired) electrons. The van der Waals surface area contributed by atoms with Crippen LogP contribution in [0.2, 0.25) is 0 Å². The van der Waals surface area contributed by atoms with Crippen LogP contribution in [0.5, 0.6) is 5.75 Å². The molecule has 100 valence electrons. The van der Waals surface area contributed by atoms with Crippen molar-refractivity contribution in [2.24, 2.45) is 0 Å². The highest BCUT2D eigenvalue weighted by Gasteiger charge is 2.24. The molecule has 0 spiro atoms. The standard InChI is InChI=1S/C14H20O4/c1-4-14(17,5-2)9-18-12-7-6-10(3)8-11(12)13(15)16/h6-8,17H,4-5,9H2,1-3H3,(H,15,16). The molecular formula is C14H20O4. The minimum Gasteiger partial charge on any atom is -0.490 e. The highest BCUT2D eigenvalue weighted by molar-refractivity contribution is 5.91. The number of rotatable bonds is 6. The van der Waals surface area contributed by atoms with Gasteiger partial charge < -0.3 is 14.9 Å². The zero-order valence-corrected chi connectivity index (χ0v) is 11.1. The van der Waals surface area contributed by atoms with Crippen molar-refractivity contribution in [3.8, 4) is 5.75 Å². The average molecular weight is 252 g/mol. The Labute approximate surface area is 107 Å². The first kappa shape index (κ1) is 14.5. The highest BCUT2D eigenvalue weighted by Crippen LogP contribution is 2.23. The third-order valence-corrected chi connectivity index (χ3v) is 3.18. The number of aromatic carboxylic acids is 1. The van der Waals surface area contributed by atoms with Crippen LogP contribution in [0, 0.1) is 6.92 Å². The van der Waals surface area contributed by atoms with Crippen LogP contribution in [-0.2, 0) is 0 Å². The number of benzene rings is 1. The van der Waals surface area contributed by atoms with Gasteiger partial charge in [0.1, 0.15) is 17.9 Å². The molecule has 0 bridgehead atoms. The smallest absolute Gasteiger partial charge is 0.339 e. The predicted molar refractivity (Wildman–Crippen MR) is 69.2 cm³/mol. The van der Waals surface area contributed by atoms with Crippen LogP contribution >= 0.6 is 0 Å². The summed E-state index contributed by atoms with van der Waals surface area (Å²) < 4.78 is 5.47. The van der Waals surface area contributed by atoms with Crippen molar-refractivity contribution in [2.75, 3.05) is 6.61 Å². The molecule has 0 aromatic heterocycles.